The fraction of sp³-hybridized carbons (Fsp3) is 0.818. The minimum atomic E-state index is 0. The van der Waals surface area contributed by atoms with Gasteiger partial charge in [0.15, 0.2) is 11.7 Å². The molecule has 2 N–H and O–H groups in total. The van der Waals surface area contributed by atoms with E-state index in [-0.39, 0.29) is 24.0 Å². The highest BCUT2D eigenvalue weighted by atomic mass is 127. The lowest BCUT2D eigenvalue weighted by molar-refractivity contribution is -0.125. The third-order valence-electron chi connectivity index (χ3n) is 7.30. The molecule has 1 spiro atoms. The minimum Gasteiger partial charge on any atom is -0.377 e. The Morgan fingerprint density at radius 1 is 1.28 bits per heavy atom. The third-order valence-corrected chi connectivity index (χ3v) is 7.30. The van der Waals surface area contributed by atoms with E-state index in [1.54, 1.807) is 0 Å². The van der Waals surface area contributed by atoms with Crippen molar-refractivity contribution in [3.63, 3.8) is 0 Å². The number of fused-ring (bicyclic) bond motifs is 2. The van der Waals surface area contributed by atoms with Gasteiger partial charge in [-0.05, 0) is 39.0 Å². The Morgan fingerprint density at radius 3 is 2.72 bits per heavy atom. The summed E-state index contributed by atoms with van der Waals surface area (Å²) in [5.74, 6) is 2.84. The Kier molecular flexibility index (Phi) is 7.87. The predicted molar refractivity (Wildman–Crippen MR) is 126 cm³/mol. The first-order valence-electron chi connectivity index (χ1n) is 11.3. The van der Waals surface area contributed by atoms with Crippen molar-refractivity contribution in [1.29, 1.82) is 0 Å². The number of aliphatic imine (C=N–C) groups is 1. The van der Waals surface area contributed by atoms with Crippen LogP contribution in [0.4, 0.5) is 0 Å². The quantitative estimate of drug-likeness (QED) is 0.315. The number of rotatable bonds is 7. The summed E-state index contributed by atoms with van der Waals surface area (Å²) in [6.07, 6.45) is 9.04. The molecule has 1 aliphatic heterocycles. The highest BCUT2D eigenvalue weighted by Gasteiger charge is 2.65. The Hall–Kier alpha value is -0.830. The lowest BCUT2D eigenvalue weighted by Gasteiger charge is -2.57. The van der Waals surface area contributed by atoms with Crippen molar-refractivity contribution in [3.05, 3.63) is 17.5 Å². The largest absolute Gasteiger partial charge is 0.377 e. The van der Waals surface area contributed by atoms with Gasteiger partial charge in [0.05, 0.1) is 11.8 Å². The highest BCUT2D eigenvalue weighted by molar-refractivity contribution is 14.0. The molecule has 6 nitrogen and oxygen atoms in total. The molecule has 0 bridgehead atoms. The van der Waals surface area contributed by atoms with E-state index in [9.17, 15) is 0 Å². The maximum absolute atomic E-state index is 6.11. The van der Waals surface area contributed by atoms with Gasteiger partial charge in [0.1, 0.15) is 6.54 Å². The van der Waals surface area contributed by atoms with Crippen LogP contribution < -0.4 is 10.6 Å². The molecule has 164 valence electrons. The number of hydrogen-bond acceptors (Lipinski definition) is 4. The van der Waals surface area contributed by atoms with E-state index in [1.165, 1.54) is 32.1 Å². The number of aromatic nitrogens is 1. The van der Waals surface area contributed by atoms with Gasteiger partial charge in [-0.1, -0.05) is 31.8 Å². The van der Waals surface area contributed by atoms with Gasteiger partial charge in [0.2, 0.25) is 0 Å². The molecule has 2 aliphatic carbocycles. The van der Waals surface area contributed by atoms with Crippen LogP contribution in [0.2, 0.25) is 0 Å². The van der Waals surface area contributed by atoms with Crippen LogP contribution in [0, 0.1) is 11.3 Å². The predicted octanol–water partition coefficient (Wildman–Crippen LogP) is 4.60. The van der Waals surface area contributed by atoms with Gasteiger partial charge >= 0.3 is 0 Å². The molecule has 0 amide bonds. The second-order valence-corrected chi connectivity index (χ2v) is 8.73. The number of halogens is 1. The number of hydrogen-bond donors (Lipinski definition) is 2. The Labute approximate surface area is 192 Å². The Balaban J connectivity index is 0.00000240. The van der Waals surface area contributed by atoms with Crippen LogP contribution in [0.1, 0.15) is 83.1 Å². The fourth-order valence-corrected chi connectivity index (χ4v) is 5.83. The van der Waals surface area contributed by atoms with Gasteiger partial charge in [-0.25, -0.2) is 4.99 Å². The maximum atomic E-state index is 6.11. The van der Waals surface area contributed by atoms with E-state index in [0.29, 0.717) is 35.9 Å². The first-order valence-corrected chi connectivity index (χ1v) is 11.3. The molecule has 0 aromatic carbocycles. The molecular formula is C22H37IN4O2. The van der Waals surface area contributed by atoms with Crippen LogP contribution in [-0.4, -0.2) is 36.4 Å². The van der Waals surface area contributed by atoms with Gasteiger partial charge in [0, 0.05) is 42.5 Å². The number of guanidine groups is 1. The van der Waals surface area contributed by atoms with E-state index >= 15 is 0 Å². The number of nitrogens with one attached hydrogen (secondary N) is 2. The standard InChI is InChI=1S/C22H36N4O2.HI/c1-4-15(5-2)18-13-16(28-26-18)14-24-21(23-6-3)25-19-17-9-12-27-20(17)22(19)10-7-8-11-22;/h13,15,17,19-20H,4-12,14H2,1-3H3,(H2,23,24,25);1H. The average Bonchev–Trinajstić information content (AvgIpc) is 3.45. The van der Waals surface area contributed by atoms with E-state index in [1.807, 2.05) is 0 Å². The summed E-state index contributed by atoms with van der Waals surface area (Å²) in [6.45, 7) is 8.80. The van der Waals surface area contributed by atoms with Crippen LogP contribution in [0.3, 0.4) is 0 Å². The summed E-state index contributed by atoms with van der Waals surface area (Å²) in [5.41, 5.74) is 1.38. The molecule has 3 atom stereocenters. The molecule has 3 aliphatic rings. The maximum Gasteiger partial charge on any atom is 0.191 e. The molecule has 3 fully saturated rings. The zero-order valence-electron chi connectivity index (χ0n) is 18.1. The van der Waals surface area contributed by atoms with E-state index < -0.39 is 0 Å². The van der Waals surface area contributed by atoms with Crippen LogP contribution >= 0.6 is 24.0 Å². The minimum absolute atomic E-state index is 0. The van der Waals surface area contributed by atoms with Gasteiger partial charge < -0.3 is 19.9 Å². The third kappa shape index (κ3) is 4.31. The summed E-state index contributed by atoms with van der Waals surface area (Å²) in [7, 11) is 0. The molecule has 1 saturated heterocycles. The van der Waals surface area contributed by atoms with Crippen molar-refractivity contribution >= 4 is 29.9 Å². The topological polar surface area (TPSA) is 71.7 Å². The van der Waals surface area contributed by atoms with Crippen molar-refractivity contribution in [1.82, 2.24) is 15.8 Å². The summed E-state index contributed by atoms with van der Waals surface area (Å²) in [4.78, 5) is 4.82. The molecule has 0 radical (unpaired) electrons. The Bertz CT molecular complexity index is 682. The number of nitrogens with zero attached hydrogens (tertiary/aromatic N) is 2. The first-order chi connectivity index (χ1) is 13.7. The smallest absolute Gasteiger partial charge is 0.191 e. The van der Waals surface area contributed by atoms with E-state index in [2.05, 4.69) is 42.6 Å². The molecule has 29 heavy (non-hydrogen) atoms. The summed E-state index contributed by atoms with van der Waals surface area (Å²) in [6, 6.07) is 2.56. The van der Waals surface area contributed by atoms with Crippen molar-refractivity contribution in [2.75, 3.05) is 13.2 Å². The van der Waals surface area contributed by atoms with Gasteiger partial charge in [0.25, 0.3) is 0 Å². The second-order valence-electron chi connectivity index (χ2n) is 8.73. The lowest BCUT2D eigenvalue weighted by Crippen LogP contribution is -2.69. The van der Waals surface area contributed by atoms with Crippen molar-refractivity contribution < 1.29 is 9.26 Å². The van der Waals surface area contributed by atoms with Crippen LogP contribution in [0.15, 0.2) is 15.6 Å². The van der Waals surface area contributed by atoms with Crippen LogP contribution in [0.25, 0.3) is 0 Å². The second kappa shape index (κ2) is 9.98. The molecule has 4 rings (SSSR count). The molecule has 2 heterocycles. The zero-order chi connectivity index (χ0) is 19.6. The van der Waals surface area contributed by atoms with Gasteiger partial charge in [-0.3, -0.25) is 0 Å². The molecule has 1 aromatic rings. The molecule has 2 saturated carbocycles. The van der Waals surface area contributed by atoms with Gasteiger partial charge in [-0.15, -0.1) is 24.0 Å². The molecular weight excluding hydrogens is 479 g/mol. The normalized spacial score (nSPS) is 27.6. The highest BCUT2D eigenvalue weighted by Crippen LogP contribution is 2.60. The van der Waals surface area contributed by atoms with Crippen LogP contribution in [-0.2, 0) is 11.3 Å². The van der Waals surface area contributed by atoms with Crippen molar-refractivity contribution in [2.24, 2.45) is 16.3 Å². The van der Waals surface area contributed by atoms with Gasteiger partial charge in [-0.2, -0.15) is 0 Å². The molecule has 7 heteroatoms. The first kappa shape index (κ1) is 22.8. The van der Waals surface area contributed by atoms with E-state index in [0.717, 1.165) is 43.4 Å². The summed E-state index contributed by atoms with van der Waals surface area (Å²) in [5, 5.41) is 11.5. The summed E-state index contributed by atoms with van der Waals surface area (Å²) >= 11 is 0. The fourth-order valence-electron chi connectivity index (χ4n) is 5.83. The van der Waals surface area contributed by atoms with Crippen molar-refractivity contribution in [3.8, 4) is 0 Å². The van der Waals surface area contributed by atoms with Crippen LogP contribution in [0.5, 0.6) is 0 Å². The monoisotopic (exact) mass is 516 g/mol. The molecule has 1 aromatic heterocycles. The Morgan fingerprint density at radius 2 is 2.03 bits per heavy atom. The van der Waals surface area contributed by atoms with E-state index in [4.69, 9.17) is 14.3 Å². The van der Waals surface area contributed by atoms with Crippen molar-refractivity contribution in [2.45, 2.75) is 90.3 Å². The SMILES string of the molecule is CCNC(=NCc1cc(C(CC)CC)no1)NC1C2CCOC2C12CCCC2.I. The number of ether oxygens (including phenoxy) is 1. The summed E-state index contributed by atoms with van der Waals surface area (Å²) < 4.78 is 11.7. The lowest BCUT2D eigenvalue weighted by atomic mass is 9.54. The zero-order valence-corrected chi connectivity index (χ0v) is 20.4. The average molecular weight is 516 g/mol. The molecule has 3 unspecified atom stereocenters.